The number of carbonyl (C=O) groups is 1. The minimum Gasteiger partial charge on any atom is -0.494 e. The molecule has 0 saturated carbocycles. The van der Waals surface area contributed by atoms with Gasteiger partial charge in [0.15, 0.2) is 12.4 Å². The molecule has 5 heteroatoms. The van der Waals surface area contributed by atoms with E-state index < -0.39 is 0 Å². The molecular weight excluding hydrogens is 330 g/mol. The lowest BCUT2D eigenvalue weighted by Crippen LogP contribution is -2.07. The number of para-hydroxylation sites is 1. The smallest absolute Gasteiger partial charge is 0.306 e. The molecule has 26 heavy (non-hydrogen) atoms. The van der Waals surface area contributed by atoms with Crippen molar-refractivity contribution in [3.63, 3.8) is 0 Å². The molecule has 0 amide bonds. The van der Waals surface area contributed by atoms with Gasteiger partial charge in [0.2, 0.25) is 5.89 Å². The third-order valence-electron chi connectivity index (χ3n) is 3.84. The Kier molecular flexibility index (Phi) is 6.04. The van der Waals surface area contributed by atoms with Gasteiger partial charge in [-0.25, -0.2) is 4.98 Å². The van der Waals surface area contributed by atoms with Gasteiger partial charge in [-0.3, -0.25) is 4.79 Å². The summed E-state index contributed by atoms with van der Waals surface area (Å²) in [7, 11) is 0. The number of hydrogen-bond donors (Lipinski definition) is 0. The average molecular weight is 351 g/mol. The van der Waals surface area contributed by atoms with Crippen molar-refractivity contribution in [1.82, 2.24) is 4.98 Å². The highest BCUT2D eigenvalue weighted by atomic mass is 16.5. The Morgan fingerprint density at radius 3 is 2.65 bits per heavy atom. The van der Waals surface area contributed by atoms with E-state index in [1.54, 1.807) is 6.20 Å². The summed E-state index contributed by atoms with van der Waals surface area (Å²) < 4.78 is 16.5. The van der Waals surface area contributed by atoms with E-state index in [1.807, 2.05) is 61.5 Å². The summed E-state index contributed by atoms with van der Waals surface area (Å²) in [5, 5.41) is 0. The van der Waals surface area contributed by atoms with Gasteiger partial charge in [-0.15, -0.1) is 0 Å². The Morgan fingerprint density at radius 2 is 1.85 bits per heavy atom. The zero-order chi connectivity index (χ0) is 18.2. The molecule has 3 rings (SSSR count). The zero-order valence-electron chi connectivity index (χ0n) is 14.7. The van der Waals surface area contributed by atoms with E-state index in [1.165, 1.54) is 0 Å². The second kappa shape index (κ2) is 8.85. The number of carbonyl (C=O) groups excluding carboxylic acids is 1. The van der Waals surface area contributed by atoms with Crippen LogP contribution >= 0.6 is 0 Å². The summed E-state index contributed by atoms with van der Waals surface area (Å²) in [6.45, 7) is 2.55. The maximum atomic E-state index is 12.0. The number of oxazole rings is 1. The Balaban J connectivity index is 1.50. The molecular formula is C21H21NO4. The van der Waals surface area contributed by atoms with Crippen molar-refractivity contribution >= 4 is 5.97 Å². The minimum atomic E-state index is -0.296. The molecule has 3 aromatic rings. The summed E-state index contributed by atoms with van der Waals surface area (Å²) in [5.74, 6) is 1.55. The third kappa shape index (κ3) is 4.72. The molecule has 1 heterocycles. The van der Waals surface area contributed by atoms with Crippen molar-refractivity contribution in [3.05, 3.63) is 72.2 Å². The highest BCUT2D eigenvalue weighted by Crippen LogP contribution is 2.21. The van der Waals surface area contributed by atoms with E-state index >= 15 is 0 Å². The van der Waals surface area contributed by atoms with E-state index in [-0.39, 0.29) is 19.0 Å². The fourth-order valence-corrected chi connectivity index (χ4v) is 2.57. The normalized spacial score (nSPS) is 10.5. The molecule has 0 N–H and O–H groups in total. The van der Waals surface area contributed by atoms with Gasteiger partial charge in [0.25, 0.3) is 0 Å². The monoisotopic (exact) mass is 351 g/mol. The predicted octanol–water partition coefficient (Wildman–Crippen LogP) is 4.42. The quantitative estimate of drug-likeness (QED) is 0.562. The first kappa shape index (κ1) is 17.7. The lowest BCUT2D eigenvalue weighted by Gasteiger charge is -2.09. The van der Waals surface area contributed by atoms with Gasteiger partial charge in [-0.2, -0.15) is 0 Å². The Morgan fingerprint density at radius 1 is 1.08 bits per heavy atom. The van der Waals surface area contributed by atoms with Crippen molar-refractivity contribution < 1.29 is 18.7 Å². The van der Waals surface area contributed by atoms with Crippen molar-refractivity contribution in [1.29, 1.82) is 0 Å². The highest BCUT2D eigenvalue weighted by Gasteiger charge is 2.11. The van der Waals surface area contributed by atoms with Gasteiger partial charge in [-0.1, -0.05) is 48.5 Å². The molecule has 134 valence electrons. The lowest BCUT2D eigenvalue weighted by atomic mass is 10.1. The largest absolute Gasteiger partial charge is 0.494 e. The van der Waals surface area contributed by atoms with Crippen LogP contribution < -0.4 is 4.74 Å². The molecule has 0 aliphatic rings. The first-order valence-electron chi connectivity index (χ1n) is 8.62. The van der Waals surface area contributed by atoms with Crippen LogP contribution in [0.5, 0.6) is 5.75 Å². The van der Waals surface area contributed by atoms with Gasteiger partial charge in [0.1, 0.15) is 5.75 Å². The van der Waals surface area contributed by atoms with Crippen LogP contribution in [0, 0.1) is 0 Å². The van der Waals surface area contributed by atoms with Crippen molar-refractivity contribution in [3.8, 4) is 17.1 Å². The fourth-order valence-electron chi connectivity index (χ4n) is 2.57. The SMILES string of the molecule is CCOc1ccccc1CCC(=O)OCc1ncc(-c2ccccc2)o1. The van der Waals surface area contributed by atoms with E-state index in [2.05, 4.69) is 4.98 Å². The van der Waals surface area contributed by atoms with Gasteiger partial charge < -0.3 is 13.9 Å². The summed E-state index contributed by atoms with van der Waals surface area (Å²) in [6, 6.07) is 17.4. The van der Waals surface area contributed by atoms with Crippen LogP contribution in [0.1, 0.15) is 24.8 Å². The van der Waals surface area contributed by atoms with Gasteiger partial charge in [0, 0.05) is 12.0 Å². The van der Waals surface area contributed by atoms with E-state index in [0.717, 1.165) is 16.9 Å². The fraction of sp³-hybridized carbons (Fsp3) is 0.238. The molecule has 0 radical (unpaired) electrons. The molecule has 0 spiro atoms. The second-order valence-electron chi connectivity index (χ2n) is 5.69. The molecule has 0 fully saturated rings. The molecule has 0 saturated heterocycles. The van der Waals surface area contributed by atoms with Crippen LogP contribution in [-0.4, -0.2) is 17.6 Å². The van der Waals surface area contributed by atoms with E-state index in [4.69, 9.17) is 13.9 Å². The highest BCUT2D eigenvalue weighted by molar-refractivity contribution is 5.69. The minimum absolute atomic E-state index is 0.0266. The van der Waals surface area contributed by atoms with Crippen LogP contribution in [0.25, 0.3) is 11.3 Å². The van der Waals surface area contributed by atoms with Gasteiger partial charge in [0.05, 0.1) is 12.8 Å². The Hall–Kier alpha value is -3.08. The summed E-state index contributed by atoms with van der Waals surface area (Å²) in [6.07, 6.45) is 2.48. The zero-order valence-corrected chi connectivity index (χ0v) is 14.7. The number of rotatable bonds is 8. The van der Waals surface area contributed by atoms with Gasteiger partial charge >= 0.3 is 5.97 Å². The van der Waals surface area contributed by atoms with Gasteiger partial charge in [-0.05, 0) is 25.0 Å². The maximum Gasteiger partial charge on any atom is 0.306 e. The molecule has 0 bridgehead atoms. The van der Waals surface area contributed by atoms with Crippen LogP contribution in [0.2, 0.25) is 0 Å². The Bertz CT molecular complexity index is 842. The molecule has 0 aliphatic heterocycles. The van der Waals surface area contributed by atoms with Crippen LogP contribution in [-0.2, 0) is 22.6 Å². The molecule has 0 atom stereocenters. The van der Waals surface area contributed by atoms with E-state index in [0.29, 0.717) is 24.7 Å². The number of benzene rings is 2. The number of ether oxygens (including phenoxy) is 2. The number of aryl methyl sites for hydroxylation is 1. The number of aromatic nitrogens is 1. The van der Waals surface area contributed by atoms with Crippen molar-refractivity contribution in [2.24, 2.45) is 0 Å². The maximum absolute atomic E-state index is 12.0. The topological polar surface area (TPSA) is 61.6 Å². The molecule has 0 aliphatic carbocycles. The van der Waals surface area contributed by atoms with E-state index in [9.17, 15) is 4.79 Å². The standard InChI is InChI=1S/C21H21NO4/c1-2-24-18-11-7-6-10-17(18)12-13-21(23)25-15-20-22-14-19(26-20)16-8-4-3-5-9-16/h3-11,14H,2,12-13,15H2,1H3. The second-order valence-corrected chi connectivity index (χ2v) is 5.69. The van der Waals surface area contributed by atoms with Crippen LogP contribution in [0.3, 0.4) is 0 Å². The number of esters is 1. The third-order valence-corrected chi connectivity index (χ3v) is 3.84. The first-order chi connectivity index (χ1) is 12.8. The summed E-state index contributed by atoms with van der Waals surface area (Å²) >= 11 is 0. The number of nitrogens with zero attached hydrogens (tertiary/aromatic N) is 1. The average Bonchev–Trinajstić information content (AvgIpc) is 3.16. The predicted molar refractivity (Wildman–Crippen MR) is 97.7 cm³/mol. The summed E-state index contributed by atoms with van der Waals surface area (Å²) in [4.78, 5) is 16.2. The van der Waals surface area contributed by atoms with Crippen molar-refractivity contribution in [2.45, 2.75) is 26.4 Å². The molecule has 5 nitrogen and oxygen atoms in total. The molecule has 0 unspecified atom stereocenters. The molecule has 1 aromatic heterocycles. The molecule has 2 aromatic carbocycles. The summed E-state index contributed by atoms with van der Waals surface area (Å²) in [5.41, 5.74) is 1.93. The Labute approximate surface area is 152 Å². The van der Waals surface area contributed by atoms with Crippen LogP contribution in [0.4, 0.5) is 0 Å². The number of hydrogen-bond acceptors (Lipinski definition) is 5. The van der Waals surface area contributed by atoms with Crippen LogP contribution in [0.15, 0.2) is 65.2 Å². The lowest BCUT2D eigenvalue weighted by molar-refractivity contribution is -0.145. The van der Waals surface area contributed by atoms with Crippen molar-refractivity contribution in [2.75, 3.05) is 6.61 Å². The first-order valence-corrected chi connectivity index (χ1v) is 8.62.